The molecule has 0 aromatic carbocycles. The van der Waals surface area contributed by atoms with Crippen LogP contribution in [0.15, 0.2) is 0 Å². The Morgan fingerprint density at radius 3 is 2.44 bits per heavy atom. The largest absolute Gasteiger partial charge is 0.481 e. The number of carboxylic acids is 1. The number of ether oxygens (including phenoxy) is 1. The monoisotopic (exact) mass is 269 g/mol. The summed E-state index contributed by atoms with van der Waals surface area (Å²) < 4.78 is 39.4. The van der Waals surface area contributed by atoms with E-state index in [1.54, 1.807) is 0 Å². The van der Waals surface area contributed by atoms with Gasteiger partial charge in [0.05, 0.1) is 5.92 Å². The minimum absolute atomic E-state index is 0.402. The van der Waals surface area contributed by atoms with Crippen molar-refractivity contribution < 1.29 is 32.6 Å². The molecule has 8 heteroatoms. The Balaban J connectivity index is 2.44. The van der Waals surface area contributed by atoms with E-state index in [0.717, 1.165) is 12.8 Å². The molecule has 1 saturated carbocycles. The van der Waals surface area contributed by atoms with Gasteiger partial charge in [-0.25, -0.2) is 4.79 Å². The standard InChI is InChI=1S/C10H14F3NO4/c11-10(12,13)5-18-9(17)14-7-4-2-1-3-6(7)8(15)16/h6-7H,1-5H2,(H,14,17)(H,15,16). The maximum absolute atomic E-state index is 11.8. The average Bonchev–Trinajstić information content (AvgIpc) is 2.26. The van der Waals surface area contributed by atoms with Gasteiger partial charge in [0.1, 0.15) is 0 Å². The summed E-state index contributed by atoms with van der Waals surface area (Å²) in [5.41, 5.74) is 0. The van der Waals surface area contributed by atoms with Gasteiger partial charge in [0.15, 0.2) is 6.61 Å². The molecule has 1 rings (SSSR count). The molecule has 0 aliphatic heterocycles. The van der Waals surface area contributed by atoms with Gasteiger partial charge in [0.2, 0.25) is 0 Å². The third-order valence-electron chi connectivity index (χ3n) is 2.75. The molecule has 0 aromatic heterocycles. The second kappa shape index (κ2) is 5.92. The van der Waals surface area contributed by atoms with E-state index in [9.17, 15) is 22.8 Å². The fourth-order valence-electron chi connectivity index (χ4n) is 1.94. The highest BCUT2D eigenvalue weighted by Crippen LogP contribution is 2.24. The van der Waals surface area contributed by atoms with Crippen molar-refractivity contribution in [2.45, 2.75) is 37.9 Å². The average molecular weight is 269 g/mol. The maximum atomic E-state index is 11.8. The lowest BCUT2D eigenvalue weighted by Crippen LogP contribution is -2.45. The highest BCUT2D eigenvalue weighted by atomic mass is 19.4. The van der Waals surface area contributed by atoms with Crippen LogP contribution in [0.3, 0.4) is 0 Å². The minimum Gasteiger partial charge on any atom is -0.481 e. The number of alkyl carbamates (subject to hydrolysis) is 1. The topological polar surface area (TPSA) is 75.6 Å². The van der Waals surface area contributed by atoms with Gasteiger partial charge < -0.3 is 15.2 Å². The zero-order valence-electron chi connectivity index (χ0n) is 9.50. The van der Waals surface area contributed by atoms with Crippen LogP contribution in [0.2, 0.25) is 0 Å². The number of carboxylic acid groups (broad SMARTS) is 1. The van der Waals surface area contributed by atoms with Crippen LogP contribution in [0.25, 0.3) is 0 Å². The molecule has 18 heavy (non-hydrogen) atoms. The Labute approximate surface area is 101 Å². The summed E-state index contributed by atoms with van der Waals surface area (Å²) in [7, 11) is 0. The number of rotatable bonds is 3. The van der Waals surface area contributed by atoms with Crippen molar-refractivity contribution in [1.82, 2.24) is 5.32 Å². The molecule has 2 atom stereocenters. The fraction of sp³-hybridized carbons (Fsp3) is 0.800. The molecule has 0 spiro atoms. The number of amides is 1. The highest BCUT2D eigenvalue weighted by Gasteiger charge is 2.34. The first-order valence-electron chi connectivity index (χ1n) is 5.52. The van der Waals surface area contributed by atoms with Gasteiger partial charge in [-0.3, -0.25) is 4.79 Å². The van der Waals surface area contributed by atoms with Crippen molar-refractivity contribution in [1.29, 1.82) is 0 Å². The third-order valence-corrected chi connectivity index (χ3v) is 2.75. The van der Waals surface area contributed by atoms with E-state index in [2.05, 4.69) is 10.1 Å². The van der Waals surface area contributed by atoms with Crippen LogP contribution in [-0.2, 0) is 9.53 Å². The molecule has 1 fully saturated rings. The van der Waals surface area contributed by atoms with Crippen molar-refractivity contribution in [2.24, 2.45) is 5.92 Å². The molecule has 1 aliphatic carbocycles. The molecule has 5 nitrogen and oxygen atoms in total. The number of aliphatic carboxylic acids is 1. The summed E-state index contributed by atoms with van der Waals surface area (Å²) in [6, 6.07) is -0.669. The second-order valence-electron chi connectivity index (χ2n) is 4.17. The van der Waals surface area contributed by atoms with Gasteiger partial charge in [0, 0.05) is 6.04 Å². The molecule has 2 unspecified atom stereocenters. The number of hydrogen-bond acceptors (Lipinski definition) is 3. The Hall–Kier alpha value is -1.47. The highest BCUT2D eigenvalue weighted by molar-refractivity contribution is 5.73. The Bertz CT molecular complexity index is 319. The van der Waals surface area contributed by atoms with E-state index in [0.29, 0.717) is 12.8 Å². The number of carbonyl (C=O) groups is 2. The molecule has 1 amide bonds. The maximum Gasteiger partial charge on any atom is 0.422 e. The summed E-state index contributed by atoms with van der Waals surface area (Å²) in [6.07, 6.45) is -3.53. The Morgan fingerprint density at radius 1 is 1.28 bits per heavy atom. The lowest BCUT2D eigenvalue weighted by Gasteiger charge is -2.28. The van der Waals surface area contributed by atoms with Gasteiger partial charge in [-0.2, -0.15) is 13.2 Å². The summed E-state index contributed by atoms with van der Waals surface area (Å²) in [5, 5.41) is 11.1. The number of alkyl halides is 3. The van der Waals surface area contributed by atoms with Crippen LogP contribution in [0.5, 0.6) is 0 Å². The zero-order chi connectivity index (χ0) is 13.8. The Morgan fingerprint density at radius 2 is 1.89 bits per heavy atom. The van der Waals surface area contributed by atoms with E-state index in [4.69, 9.17) is 5.11 Å². The molecule has 0 heterocycles. The van der Waals surface area contributed by atoms with Crippen molar-refractivity contribution in [3.8, 4) is 0 Å². The predicted molar refractivity (Wildman–Crippen MR) is 53.9 cm³/mol. The number of carbonyl (C=O) groups excluding carboxylic acids is 1. The second-order valence-corrected chi connectivity index (χ2v) is 4.17. The van der Waals surface area contributed by atoms with E-state index < -0.39 is 36.8 Å². The first-order valence-corrected chi connectivity index (χ1v) is 5.52. The van der Waals surface area contributed by atoms with Crippen molar-refractivity contribution >= 4 is 12.1 Å². The first kappa shape index (κ1) is 14.6. The van der Waals surface area contributed by atoms with Crippen LogP contribution in [0, 0.1) is 5.92 Å². The zero-order valence-corrected chi connectivity index (χ0v) is 9.50. The van der Waals surface area contributed by atoms with Gasteiger partial charge in [-0.15, -0.1) is 0 Å². The van der Waals surface area contributed by atoms with Crippen LogP contribution >= 0.6 is 0 Å². The molecular weight excluding hydrogens is 255 g/mol. The molecular formula is C10H14F3NO4. The quantitative estimate of drug-likeness (QED) is 0.820. The minimum atomic E-state index is -4.59. The summed E-state index contributed by atoms with van der Waals surface area (Å²) in [6.45, 7) is -1.68. The van der Waals surface area contributed by atoms with E-state index in [1.807, 2.05) is 0 Å². The van der Waals surface area contributed by atoms with Crippen molar-refractivity contribution in [3.05, 3.63) is 0 Å². The summed E-state index contributed by atoms with van der Waals surface area (Å²) in [5.74, 6) is -1.83. The molecule has 0 bridgehead atoms. The van der Waals surface area contributed by atoms with Gasteiger partial charge in [-0.1, -0.05) is 12.8 Å². The Kier molecular flexibility index (Phi) is 4.80. The number of hydrogen-bond donors (Lipinski definition) is 2. The molecule has 104 valence electrons. The van der Waals surface area contributed by atoms with Crippen molar-refractivity contribution in [2.75, 3.05) is 6.61 Å². The SMILES string of the molecule is O=C(NC1CCCCC1C(=O)O)OCC(F)(F)F. The summed E-state index contributed by atoms with van der Waals surface area (Å²) in [4.78, 5) is 22.0. The van der Waals surface area contributed by atoms with E-state index in [-0.39, 0.29) is 0 Å². The molecule has 0 saturated heterocycles. The lowest BCUT2D eigenvalue weighted by molar-refractivity contribution is -0.160. The smallest absolute Gasteiger partial charge is 0.422 e. The number of nitrogens with one attached hydrogen (secondary N) is 1. The van der Waals surface area contributed by atoms with Crippen LogP contribution < -0.4 is 5.32 Å². The first-order chi connectivity index (χ1) is 8.29. The fourth-order valence-corrected chi connectivity index (χ4v) is 1.94. The predicted octanol–water partition coefficient (Wildman–Crippen LogP) is 1.92. The van der Waals surface area contributed by atoms with Gasteiger partial charge in [-0.05, 0) is 12.8 Å². The van der Waals surface area contributed by atoms with Crippen molar-refractivity contribution in [3.63, 3.8) is 0 Å². The van der Waals surface area contributed by atoms with Crippen LogP contribution in [-0.4, -0.2) is 36.0 Å². The molecule has 2 N–H and O–H groups in total. The molecule has 1 aliphatic rings. The van der Waals surface area contributed by atoms with E-state index >= 15 is 0 Å². The lowest BCUT2D eigenvalue weighted by atomic mass is 9.85. The molecule has 0 aromatic rings. The normalized spacial score (nSPS) is 24.4. The van der Waals surface area contributed by atoms with Gasteiger partial charge >= 0.3 is 18.2 Å². The molecule has 0 radical (unpaired) electrons. The summed E-state index contributed by atoms with van der Waals surface area (Å²) >= 11 is 0. The van der Waals surface area contributed by atoms with E-state index in [1.165, 1.54) is 0 Å². The van der Waals surface area contributed by atoms with Gasteiger partial charge in [0.25, 0.3) is 0 Å². The van der Waals surface area contributed by atoms with Crippen LogP contribution in [0.1, 0.15) is 25.7 Å². The van der Waals surface area contributed by atoms with Crippen LogP contribution in [0.4, 0.5) is 18.0 Å². The number of halogens is 3. The third kappa shape index (κ3) is 4.80.